The summed E-state index contributed by atoms with van der Waals surface area (Å²) in [6.45, 7) is 7.11. The van der Waals surface area contributed by atoms with Crippen LogP contribution in [0.2, 0.25) is 0 Å². The molecule has 0 aliphatic rings. The molecule has 2 N–H and O–H groups in total. The highest BCUT2D eigenvalue weighted by Gasteiger charge is 2.31. The van der Waals surface area contributed by atoms with Gasteiger partial charge in [0.05, 0.1) is 5.56 Å². The van der Waals surface area contributed by atoms with Crippen molar-refractivity contribution < 1.29 is 17.9 Å². The molecule has 1 rings (SSSR count). The normalized spacial score (nSPS) is 11.9. The minimum absolute atomic E-state index is 0.0184. The molecule has 1 aromatic rings. The second kappa shape index (κ2) is 7.50. The molecule has 3 nitrogen and oxygen atoms in total. The van der Waals surface area contributed by atoms with Gasteiger partial charge in [0.1, 0.15) is 12.4 Å². The fraction of sp³-hybridized carbons (Fsp3) is 0.571. The Morgan fingerprint density at radius 3 is 2.35 bits per heavy atom. The standard InChI is InChI=1S/C14H21F3N2O/c1-3-19(4-2)7-8-20-13-6-5-12(14(15,16)17)9-11(13)10-18/h5-6,9H,3-4,7-8,10,18H2,1-2H3. The summed E-state index contributed by atoms with van der Waals surface area (Å²) in [6.07, 6.45) is -4.36. The van der Waals surface area contributed by atoms with Crippen LogP contribution in [0.4, 0.5) is 13.2 Å². The molecule has 0 aromatic heterocycles. The molecule has 0 radical (unpaired) electrons. The lowest BCUT2D eigenvalue weighted by molar-refractivity contribution is -0.137. The number of nitrogens with two attached hydrogens (primary N) is 1. The van der Waals surface area contributed by atoms with Gasteiger partial charge in [0, 0.05) is 18.7 Å². The van der Waals surface area contributed by atoms with E-state index in [0.29, 0.717) is 17.9 Å². The fourth-order valence-electron chi connectivity index (χ4n) is 1.88. The maximum Gasteiger partial charge on any atom is 0.416 e. The third-order valence-corrected chi connectivity index (χ3v) is 3.17. The summed E-state index contributed by atoms with van der Waals surface area (Å²) in [4.78, 5) is 2.17. The van der Waals surface area contributed by atoms with Gasteiger partial charge in [-0.1, -0.05) is 13.8 Å². The van der Waals surface area contributed by atoms with Crippen molar-refractivity contribution in [1.82, 2.24) is 4.90 Å². The molecule has 0 amide bonds. The van der Waals surface area contributed by atoms with Gasteiger partial charge in [-0.05, 0) is 31.3 Å². The van der Waals surface area contributed by atoms with Gasteiger partial charge in [-0.25, -0.2) is 0 Å². The molecule has 6 heteroatoms. The van der Waals surface area contributed by atoms with Crippen LogP contribution < -0.4 is 10.5 Å². The number of benzene rings is 1. The summed E-state index contributed by atoms with van der Waals surface area (Å²) in [5, 5.41) is 0. The molecule has 0 aliphatic heterocycles. The largest absolute Gasteiger partial charge is 0.492 e. The first kappa shape index (κ1) is 16.8. The van der Waals surface area contributed by atoms with E-state index < -0.39 is 11.7 Å². The number of alkyl halides is 3. The van der Waals surface area contributed by atoms with Crippen LogP contribution in [0.25, 0.3) is 0 Å². The molecule has 0 unspecified atom stereocenters. The van der Waals surface area contributed by atoms with Crippen molar-refractivity contribution in [2.24, 2.45) is 5.73 Å². The van der Waals surface area contributed by atoms with E-state index in [1.807, 2.05) is 13.8 Å². The van der Waals surface area contributed by atoms with E-state index in [1.54, 1.807) is 0 Å². The SMILES string of the molecule is CCN(CC)CCOc1ccc(C(F)(F)F)cc1CN. The predicted octanol–water partition coefficient (Wildman–Crippen LogP) is 2.88. The second-order valence-electron chi connectivity index (χ2n) is 4.40. The van der Waals surface area contributed by atoms with Crippen LogP contribution in [-0.4, -0.2) is 31.1 Å². The first-order valence-electron chi connectivity index (χ1n) is 6.67. The Balaban J connectivity index is 2.71. The van der Waals surface area contributed by atoms with E-state index in [4.69, 9.17) is 10.5 Å². The molecule has 0 heterocycles. The maximum atomic E-state index is 12.6. The Kier molecular flexibility index (Phi) is 6.29. The van der Waals surface area contributed by atoms with Crippen LogP contribution >= 0.6 is 0 Å². The van der Waals surface area contributed by atoms with Crippen molar-refractivity contribution >= 4 is 0 Å². The lowest BCUT2D eigenvalue weighted by Crippen LogP contribution is -2.28. The molecule has 0 bridgehead atoms. The van der Waals surface area contributed by atoms with E-state index in [9.17, 15) is 13.2 Å². The van der Waals surface area contributed by atoms with E-state index in [2.05, 4.69) is 4.90 Å². The average molecular weight is 290 g/mol. The van der Waals surface area contributed by atoms with Crippen LogP contribution in [0.3, 0.4) is 0 Å². The van der Waals surface area contributed by atoms with Crippen LogP contribution in [-0.2, 0) is 12.7 Å². The Hall–Kier alpha value is -1.27. The number of ether oxygens (including phenoxy) is 1. The molecule has 114 valence electrons. The third kappa shape index (κ3) is 4.68. The number of halogens is 3. The lowest BCUT2D eigenvalue weighted by Gasteiger charge is -2.19. The first-order chi connectivity index (χ1) is 9.42. The van der Waals surface area contributed by atoms with Gasteiger partial charge in [-0.15, -0.1) is 0 Å². The second-order valence-corrected chi connectivity index (χ2v) is 4.40. The molecular formula is C14H21F3N2O. The minimum Gasteiger partial charge on any atom is -0.492 e. The van der Waals surface area contributed by atoms with Gasteiger partial charge in [0.15, 0.2) is 0 Å². The van der Waals surface area contributed by atoms with Crippen LogP contribution in [0.5, 0.6) is 5.75 Å². The Bertz CT molecular complexity index is 417. The Morgan fingerprint density at radius 1 is 1.20 bits per heavy atom. The third-order valence-electron chi connectivity index (χ3n) is 3.17. The van der Waals surface area contributed by atoms with E-state index >= 15 is 0 Å². The highest BCUT2D eigenvalue weighted by atomic mass is 19.4. The number of nitrogens with zero attached hydrogens (tertiary/aromatic N) is 1. The zero-order valence-corrected chi connectivity index (χ0v) is 11.8. The summed E-state index contributed by atoms with van der Waals surface area (Å²) in [5.41, 5.74) is 5.16. The van der Waals surface area contributed by atoms with Crippen molar-refractivity contribution in [1.29, 1.82) is 0 Å². The topological polar surface area (TPSA) is 38.5 Å². The summed E-state index contributed by atoms with van der Waals surface area (Å²) in [5.74, 6) is 0.424. The maximum absolute atomic E-state index is 12.6. The van der Waals surface area contributed by atoms with Gasteiger partial charge in [-0.3, -0.25) is 0 Å². The van der Waals surface area contributed by atoms with Gasteiger partial charge in [0.25, 0.3) is 0 Å². The van der Waals surface area contributed by atoms with E-state index in [1.165, 1.54) is 6.07 Å². The lowest BCUT2D eigenvalue weighted by atomic mass is 10.1. The van der Waals surface area contributed by atoms with Crippen molar-refractivity contribution in [3.8, 4) is 5.75 Å². The Labute approximate surface area is 117 Å². The molecule has 0 spiro atoms. The molecule has 0 saturated carbocycles. The minimum atomic E-state index is -4.36. The molecule has 0 atom stereocenters. The molecule has 20 heavy (non-hydrogen) atoms. The van der Waals surface area contributed by atoms with Gasteiger partial charge >= 0.3 is 6.18 Å². The monoisotopic (exact) mass is 290 g/mol. The number of hydrogen-bond acceptors (Lipinski definition) is 3. The molecule has 0 fully saturated rings. The molecular weight excluding hydrogens is 269 g/mol. The van der Waals surface area contributed by atoms with Gasteiger partial charge < -0.3 is 15.4 Å². The number of likely N-dealkylation sites (N-methyl/N-ethyl adjacent to an activating group) is 1. The number of rotatable bonds is 7. The summed E-state index contributed by atoms with van der Waals surface area (Å²) >= 11 is 0. The van der Waals surface area contributed by atoms with Crippen molar-refractivity contribution in [3.05, 3.63) is 29.3 Å². The average Bonchev–Trinajstić information content (AvgIpc) is 2.42. The molecule has 0 saturated heterocycles. The fourth-order valence-corrected chi connectivity index (χ4v) is 1.88. The predicted molar refractivity (Wildman–Crippen MR) is 72.6 cm³/mol. The van der Waals surface area contributed by atoms with Crippen LogP contribution in [0.15, 0.2) is 18.2 Å². The van der Waals surface area contributed by atoms with Crippen molar-refractivity contribution in [2.75, 3.05) is 26.2 Å². The summed E-state index contributed by atoms with van der Waals surface area (Å²) < 4.78 is 43.3. The highest BCUT2D eigenvalue weighted by molar-refractivity contribution is 5.38. The summed E-state index contributed by atoms with van der Waals surface area (Å²) in [6, 6.07) is 3.41. The smallest absolute Gasteiger partial charge is 0.416 e. The zero-order chi connectivity index (χ0) is 15.2. The first-order valence-corrected chi connectivity index (χ1v) is 6.67. The molecule has 0 aliphatic carbocycles. The van der Waals surface area contributed by atoms with Gasteiger partial charge in [-0.2, -0.15) is 13.2 Å². The van der Waals surface area contributed by atoms with Crippen LogP contribution in [0, 0.1) is 0 Å². The van der Waals surface area contributed by atoms with E-state index in [0.717, 1.165) is 31.8 Å². The number of hydrogen-bond donors (Lipinski definition) is 1. The highest BCUT2D eigenvalue weighted by Crippen LogP contribution is 2.32. The zero-order valence-electron chi connectivity index (χ0n) is 11.8. The summed E-state index contributed by atoms with van der Waals surface area (Å²) in [7, 11) is 0. The van der Waals surface area contributed by atoms with Gasteiger partial charge in [0.2, 0.25) is 0 Å². The quantitative estimate of drug-likeness (QED) is 0.839. The van der Waals surface area contributed by atoms with Crippen LogP contribution in [0.1, 0.15) is 25.0 Å². The molecule has 1 aromatic carbocycles. The Morgan fingerprint density at radius 2 is 1.85 bits per heavy atom. The van der Waals surface area contributed by atoms with E-state index in [-0.39, 0.29) is 6.54 Å². The van der Waals surface area contributed by atoms with Crippen molar-refractivity contribution in [2.45, 2.75) is 26.6 Å². The van der Waals surface area contributed by atoms with Crippen molar-refractivity contribution in [3.63, 3.8) is 0 Å².